The van der Waals surface area contributed by atoms with Crippen LogP contribution in [0.1, 0.15) is 53.2 Å². The number of benzene rings is 2. The predicted octanol–water partition coefficient (Wildman–Crippen LogP) is 3.64. The van der Waals surface area contributed by atoms with Crippen LogP contribution in [0.25, 0.3) is 0 Å². The Morgan fingerprint density at radius 2 is 1.76 bits per heavy atom. The minimum atomic E-state index is -3.73. The second kappa shape index (κ2) is 10.1. The van der Waals surface area contributed by atoms with Crippen molar-refractivity contribution in [3.8, 4) is 0 Å². The molecule has 1 aliphatic heterocycles. The maximum atomic E-state index is 13.3. The molecule has 0 spiro atoms. The molecular formula is C25H31N3O5S. The van der Waals surface area contributed by atoms with E-state index in [0.29, 0.717) is 50.2 Å². The van der Waals surface area contributed by atoms with Gasteiger partial charge in [-0.3, -0.25) is 4.79 Å². The number of hydrogen-bond acceptors (Lipinski definition) is 5. The van der Waals surface area contributed by atoms with Crippen LogP contribution in [0, 0.1) is 6.92 Å². The molecule has 2 aromatic rings. The summed E-state index contributed by atoms with van der Waals surface area (Å²) in [7, 11) is -3.73. The zero-order chi connectivity index (χ0) is 24.3. The number of amides is 2. The number of rotatable bonds is 6. The quantitative estimate of drug-likeness (QED) is 0.650. The second-order valence-electron chi connectivity index (χ2n) is 8.77. The summed E-state index contributed by atoms with van der Waals surface area (Å²) in [6.45, 7) is 4.87. The molecule has 0 atom stereocenters. The van der Waals surface area contributed by atoms with E-state index in [0.717, 1.165) is 29.5 Å². The van der Waals surface area contributed by atoms with Crippen molar-refractivity contribution >= 4 is 27.7 Å². The van der Waals surface area contributed by atoms with Crippen LogP contribution in [0.3, 0.4) is 0 Å². The lowest BCUT2D eigenvalue weighted by atomic mass is 10.1. The van der Waals surface area contributed by atoms with Gasteiger partial charge in [-0.15, -0.1) is 0 Å². The van der Waals surface area contributed by atoms with Gasteiger partial charge >= 0.3 is 6.09 Å². The van der Waals surface area contributed by atoms with Gasteiger partial charge in [-0.2, -0.15) is 0 Å². The van der Waals surface area contributed by atoms with Crippen LogP contribution in [-0.2, 0) is 27.6 Å². The summed E-state index contributed by atoms with van der Waals surface area (Å²) in [6, 6.07) is 10.4. The van der Waals surface area contributed by atoms with Gasteiger partial charge in [-0.1, -0.05) is 18.2 Å². The van der Waals surface area contributed by atoms with Crippen molar-refractivity contribution < 1.29 is 22.7 Å². The molecule has 34 heavy (non-hydrogen) atoms. The van der Waals surface area contributed by atoms with Gasteiger partial charge in [0, 0.05) is 30.4 Å². The van der Waals surface area contributed by atoms with E-state index in [9.17, 15) is 18.0 Å². The molecule has 1 fully saturated rings. The van der Waals surface area contributed by atoms with Gasteiger partial charge in [0.2, 0.25) is 10.0 Å². The number of fused-ring (bicyclic) bond motifs is 1. The highest BCUT2D eigenvalue weighted by molar-refractivity contribution is 7.89. The molecule has 0 aromatic heterocycles. The summed E-state index contributed by atoms with van der Waals surface area (Å²) in [4.78, 5) is 26.6. The molecule has 2 aliphatic rings. The maximum absolute atomic E-state index is 13.3. The molecule has 1 heterocycles. The third-order valence-electron chi connectivity index (χ3n) is 6.51. The molecule has 2 N–H and O–H groups in total. The average Bonchev–Trinajstić information content (AvgIpc) is 3.30. The molecule has 4 rings (SSSR count). The van der Waals surface area contributed by atoms with E-state index >= 15 is 0 Å². The largest absolute Gasteiger partial charge is 0.450 e. The van der Waals surface area contributed by atoms with Gasteiger partial charge in [0.15, 0.2) is 0 Å². The number of anilines is 1. The van der Waals surface area contributed by atoms with E-state index in [4.69, 9.17) is 4.74 Å². The van der Waals surface area contributed by atoms with E-state index in [1.807, 2.05) is 25.1 Å². The topological polar surface area (TPSA) is 105 Å². The van der Waals surface area contributed by atoms with Gasteiger partial charge in [0.1, 0.15) is 0 Å². The number of ether oxygens (including phenoxy) is 1. The van der Waals surface area contributed by atoms with Crippen molar-refractivity contribution in [3.63, 3.8) is 0 Å². The van der Waals surface area contributed by atoms with Crippen molar-refractivity contribution in [2.75, 3.05) is 25.0 Å². The first-order valence-electron chi connectivity index (χ1n) is 11.8. The Morgan fingerprint density at radius 3 is 2.47 bits per heavy atom. The van der Waals surface area contributed by atoms with E-state index in [1.54, 1.807) is 30.0 Å². The lowest BCUT2D eigenvalue weighted by Crippen LogP contribution is -2.46. The number of aryl methyl sites for hydroxylation is 1. The molecule has 8 nitrogen and oxygen atoms in total. The average molecular weight is 486 g/mol. The van der Waals surface area contributed by atoms with Crippen molar-refractivity contribution in [2.45, 2.75) is 56.9 Å². The first kappa shape index (κ1) is 24.2. The molecule has 0 unspecified atom stereocenters. The van der Waals surface area contributed by atoms with Crippen LogP contribution < -0.4 is 10.0 Å². The Balaban J connectivity index is 1.48. The first-order valence-corrected chi connectivity index (χ1v) is 13.2. The van der Waals surface area contributed by atoms with Crippen molar-refractivity contribution in [2.24, 2.45) is 0 Å². The molecule has 9 heteroatoms. The molecule has 2 amide bonds. The third-order valence-corrected chi connectivity index (χ3v) is 8.12. The maximum Gasteiger partial charge on any atom is 0.409 e. The summed E-state index contributed by atoms with van der Waals surface area (Å²) in [5, 5.41) is 2.98. The summed E-state index contributed by atoms with van der Waals surface area (Å²) in [6.07, 6.45) is 2.92. The number of sulfonamides is 1. The molecule has 1 aliphatic carbocycles. The molecule has 1 saturated heterocycles. The zero-order valence-corrected chi connectivity index (χ0v) is 20.4. The molecule has 0 radical (unpaired) electrons. The van der Waals surface area contributed by atoms with E-state index in [-0.39, 0.29) is 22.9 Å². The van der Waals surface area contributed by atoms with Gasteiger partial charge in [-0.05, 0) is 80.8 Å². The van der Waals surface area contributed by atoms with E-state index < -0.39 is 10.0 Å². The van der Waals surface area contributed by atoms with Gasteiger partial charge in [0.25, 0.3) is 5.91 Å². The fourth-order valence-corrected chi connectivity index (χ4v) is 6.34. The number of carbonyl (C=O) groups is 2. The number of carbonyl (C=O) groups excluding carboxylic acids is 2. The molecular weight excluding hydrogens is 454 g/mol. The highest BCUT2D eigenvalue weighted by Crippen LogP contribution is 2.34. The number of nitrogens with zero attached hydrogens (tertiary/aromatic N) is 1. The number of nitrogens with one attached hydrogen (secondary N) is 2. The van der Waals surface area contributed by atoms with Crippen LogP contribution in [-0.4, -0.2) is 51.1 Å². The summed E-state index contributed by atoms with van der Waals surface area (Å²) in [5.41, 5.74) is 3.82. The van der Waals surface area contributed by atoms with Gasteiger partial charge in [0.05, 0.1) is 11.5 Å². The number of hydrogen-bond donors (Lipinski definition) is 2. The Morgan fingerprint density at radius 1 is 1.06 bits per heavy atom. The smallest absolute Gasteiger partial charge is 0.409 e. The van der Waals surface area contributed by atoms with Crippen LogP contribution in [0.5, 0.6) is 0 Å². The fourth-order valence-electron chi connectivity index (χ4n) is 4.74. The number of piperidine rings is 1. The lowest BCUT2D eigenvalue weighted by Gasteiger charge is -2.31. The monoisotopic (exact) mass is 485 g/mol. The Kier molecular flexibility index (Phi) is 7.23. The molecule has 182 valence electrons. The SMILES string of the molecule is CCOC(=O)N1CCC(NS(=O)(=O)c2ccc(NC(=O)c3ccccc3C)c3c2CCC3)CC1. The zero-order valence-electron chi connectivity index (χ0n) is 19.6. The first-order chi connectivity index (χ1) is 16.3. The van der Waals surface area contributed by atoms with Gasteiger partial charge < -0.3 is 15.0 Å². The summed E-state index contributed by atoms with van der Waals surface area (Å²) >= 11 is 0. The predicted molar refractivity (Wildman–Crippen MR) is 130 cm³/mol. The normalized spacial score (nSPS) is 16.2. The number of likely N-dealkylation sites (tertiary alicyclic amines) is 1. The Bertz CT molecular complexity index is 1190. The Labute approximate surface area is 200 Å². The third kappa shape index (κ3) is 5.10. The van der Waals surface area contributed by atoms with Crippen molar-refractivity contribution in [3.05, 3.63) is 58.7 Å². The van der Waals surface area contributed by atoms with Crippen LogP contribution in [0.4, 0.5) is 10.5 Å². The van der Waals surface area contributed by atoms with E-state index in [2.05, 4.69) is 10.0 Å². The van der Waals surface area contributed by atoms with E-state index in [1.165, 1.54) is 0 Å². The summed E-state index contributed by atoms with van der Waals surface area (Å²) in [5.74, 6) is -0.200. The molecule has 2 aromatic carbocycles. The lowest BCUT2D eigenvalue weighted by molar-refractivity contribution is 0.0964. The van der Waals surface area contributed by atoms with Crippen LogP contribution in [0.2, 0.25) is 0 Å². The molecule has 0 saturated carbocycles. The van der Waals surface area contributed by atoms with Crippen molar-refractivity contribution in [1.29, 1.82) is 0 Å². The standard InChI is InChI=1S/C25H31N3O5S/c1-3-33-25(30)28-15-13-18(14-16-28)27-34(31,32)23-12-11-22(20-9-6-10-21(20)23)26-24(29)19-8-5-4-7-17(19)2/h4-5,7-8,11-12,18,27H,3,6,9-10,13-16H2,1-2H3,(H,26,29). The molecule has 0 bridgehead atoms. The Hall–Kier alpha value is -2.91. The van der Waals surface area contributed by atoms with Crippen LogP contribution in [0.15, 0.2) is 41.3 Å². The fraction of sp³-hybridized carbons (Fsp3) is 0.440. The summed E-state index contributed by atoms with van der Waals surface area (Å²) < 4.78 is 34.4. The van der Waals surface area contributed by atoms with Crippen molar-refractivity contribution in [1.82, 2.24) is 9.62 Å². The second-order valence-corrected chi connectivity index (χ2v) is 10.5. The minimum absolute atomic E-state index is 0.200. The van der Waals surface area contributed by atoms with Crippen LogP contribution >= 0.6 is 0 Å². The highest BCUT2D eigenvalue weighted by atomic mass is 32.2. The highest BCUT2D eigenvalue weighted by Gasteiger charge is 2.31. The van der Waals surface area contributed by atoms with Gasteiger partial charge in [-0.25, -0.2) is 17.9 Å². The minimum Gasteiger partial charge on any atom is -0.450 e.